The van der Waals surface area contributed by atoms with Crippen LogP contribution in [0.4, 0.5) is 0 Å². The van der Waals surface area contributed by atoms with Gasteiger partial charge in [0.1, 0.15) is 0 Å². The Labute approximate surface area is 88.3 Å². The van der Waals surface area contributed by atoms with E-state index < -0.39 is 5.60 Å². The largest absolute Gasteiger partial charge is 0.389 e. The quantitative estimate of drug-likeness (QED) is 0.751. The van der Waals surface area contributed by atoms with Gasteiger partial charge in [0.25, 0.3) is 0 Å². The molecule has 1 fully saturated rings. The first kappa shape index (κ1) is 12.0. The first-order chi connectivity index (χ1) is 6.53. The number of likely N-dealkylation sites (tertiary alicyclic amines) is 1. The zero-order valence-corrected chi connectivity index (χ0v) is 9.92. The number of piperidine rings is 1. The lowest BCUT2D eigenvalue weighted by Gasteiger charge is -2.35. The van der Waals surface area contributed by atoms with E-state index in [-0.39, 0.29) is 0 Å². The Morgan fingerprint density at radius 1 is 1.36 bits per heavy atom. The number of hydrogen-bond donors (Lipinski definition) is 1. The fourth-order valence-corrected chi connectivity index (χ4v) is 2.32. The predicted octanol–water partition coefficient (Wildman–Crippen LogP) is 2.27. The maximum atomic E-state index is 10.1. The van der Waals surface area contributed by atoms with Crippen molar-refractivity contribution in [2.45, 2.75) is 52.1 Å². The van der Waals surface area contributed by atoms with Crippen molar-refractivity contribution < 1.29 is 5.11 Å². The third-order valence-corrected chi connectivity index (χ3v) is 3.23. The Balaban J connectivity index is 2.29. The smallest absolute Gasteiger partial charge is 0.0746 e. The molecule has 0 radical (unpaired) electrons. The van der Waals surface area contributed by atoms with Crippen LogP contribution < -0.4 is 0 Å². The highest BCUT2D eigenvalue weighted by atomic mass is 16.3. The molecule has 0 amide bonds. The van der Waals surface area contributed by atoms with Gasteiger partial charge in [-0.3, -0.25) is 0 Å². The van der Waals surface area contributed by atoms with Crippen molar-refractivity contribution >= 4 is 0 Å². The monoisotopic (exact) mass is 199 g/mol. The molecular formula is C12H25NO. The molecule has 84 valence electrons. The molecule has 1 aliphatic heterocycles. The van der Waals surface area contributed by atoms with Crippen LogP contribution >= 0.6 is 0 Å². The van der Waals surface area contributed by atoms with E-state index in [2.05, 4.69) is 18.7 Å². The molecule has 0 saturated carbocycles. The van der Waals surface area contributed by atoms with Crippen molar-refractivity contribution in [3.8, 4) is 0 Å². The summed E-state index contributed by atoms with van der Waals surface area (Å²) in [5.74, 6) is 0.877. The average molecular weight is 199 g/mol. The maximum Gasteiger partial charge on any atom is 0.0746 e. The minimum Gasteiger partial charge on any atom is -0.389 e. The van der Waals surface area contributed by atoms with Crippen molar-refractivity contribution in [2.24, 2.45) is 5.92 Å². The van der Waals surface area contributed by atoms with Gasteiger partial charge >= 0.3 is 0 Å². The fourth-order valence-electron chi connectivity index (χ4n) is 2.32. The van der Waals surface area contributed by atoms with E-state index in [9.17, 15) is 5.11 Å². The number of hydrogen-bond acceptors (Lipinski definition) is 2. The van der Waals surface area contributed by atoms with Gasteiger partial charge in [0.05, 0.1) is 5.60 Å². The van der Waals surface area contributed by atoms with Crippen LogP contribution in [0.1, 0.15) is 46.5 Å². The summed E-state index contributed by atoms with van der Waals surface area (Å²) in [5, 5.41) is 10.1. The second kappa shape index (κ2) is 5.13. The zero-order chi connectivity index (χ0) is 10.6. The molecule has 0 aromatic rings. The van der Waals surface area contributed by atoms with E-state index in [1.165, 1.54) is 25.9 Å². The standard InChI is InChI=1S/C12H25NO/c1-4-7-12(3,14)10-13-8-5-11(2)6-9-13/h11,14H,4-10H2,1-3H3. The van der Waals surface area contributed by atoms with Gasteiger partial charge in [-0.15, -0.1) is 0 Å². The highest BCUT2D eigenvalue weighted by molar-refractivity contribution is 4.79. The average Bonchev–Trinajstić information content (AvgIpc) is 2.08. The second-order valence-corrected chi connectivity index (χ2v) is 5.21. The lowest BCUT2D eigenvalue weighted by Crippen LogP contribution is -2.44. The van der Waals surface area contributed by atoms with Crippen LogP contribution in [0.25, 0.3) is 0 Å². The van der Waals surface area contributed by atoms with Crippen LogP contribution in [0.2, 0.25) is 0 Å². The SMILES string of the molecule is CCCC(C)(O)CN1CCC(C)CC1. The normalized spacial score (nSPS) is 24.9. The van der Waals surface area contributed by atoms with Gasteiger partial charge in [-0.1, -0.05) is 20.3 Å². The summed E-state index contributed by atoms with van der Waals surface area (Å²) in [4.78, 5) is 2.41. The van der Waals surface area contributed by atoms with E-state index in [1.54, 1.807) is 0 Å². The Morgan fingerprint density at radius 2 is 1.93 bits per heavy atom. The molecular weight excluding hydrogens is 174 g/mol. The second-order valence-electron chi connectivity index (χ2n) is 5.21. The molecule has 0 bridgehead atoms. The van der Waals surface area contributed by atoms with Crippen LogP contribution in [0.15, 0.2) is 0 Å². The van der Waals surface area contributed by atoms with Crippen molar-refractivity contribution in [3.63, 3.8) is 0 Å². The molecule has 1 heterocycles. The topological polar surface area (TPSA) is 23.5 Å². The molecule has 1 rings (SSSR count). The van der Waals surface area contributed by atoms with Crippen LogP contribution in [-0.2, 0) is 0 Å². The number of aliphatic hydroxyl groups is 1. The van der Waals surface area contributed by atoms with Crippen molar-refractivity contribution in [3.05, 3.63) is 0 Å². The van der Waals surface area contributed by atoms with Crippen LogP contribution in [-0.4, -0.2) is 35.2 Å². The van der Waals surface area contributed by atoms with Gasteiger partial charge in [0.2, 0.25) is 0 Å². The molecule has 14 heavy (non-hydrogen) atoms. The lowest BCUT2D eigenvalue weighted by atomic mass is 9.95. The molecule has 1 unspecified atom stereocenters. The summed E-state index contributed by atoms with van der Waals surface area (Å²) in [6.07, 6.45) is 4.57. The predicted molar refractivity (Wildman–Crippen MR) is 60.4 cm³/mol. The molecule has 2 heteroatoms. The third kappa shape index (κ3) is 3.97. The summed E-state index contributed by atoms with van der Waals surface area (Å²) >= 11 is 0. The Hall–Kier alpha value is -0.0800. The lowest BCUT2D eigenvalue weighted by molar-refractivity contribution is 0.00318. The Morgan fingerprint density at radius 3 is 2.43 bits per heavy atom. The van der Waals surface area contributed by atoms with E-state index in [0.29, 0.717) is 0 Å². The molecule has 1 N–H and O–H groups in total. The molecule has 0 spiro atoms. The van der Waals surface area contributed by atoms with Gasteiger partial charge < -0.3 is 10.0 Å². The van der Waals surface area contributed by atoms with Crippen molar-refractivity contribution in [1.29, 1.82) is 0 Å². The zero-order valence-electron chi connectivity index (χ0n) is 9.92. The van der Waals surface area contributed by atoms with E-state index >= 15 is 0 Å². The maximum absolute atomic E-state index is 10.1. The number of β-amino-alcohol motifs (C(OH)–C–C–N with tert-alkyl or cyclic N) is 1. The van der Waals surface area contributed by atoms with Gasteiger partial charge in [-0.05, 0) is 45.2 Å². The minimum absolute atomic E-state index is 0.477. The number of rotatable bonds is 4. The summed E-state index contributed by atoms with van der Waals surface area (Å²) < 4.78 is 0. The van der Waals surface area contributed by atoms with Gasteiger partial charge in [0, 0.05) is 6.54 Å². The molecule has 1 aliphatic rings. The molecule has 1 saturated heterocycles. The fraction of sp³-hybridized carbons (Fsp3) is 1.00. The van der Waals surface area contributed by atoms with Crippen molar-refractivity contribution in [2.75, 3.05) is 19.6 Å². The van der Waals surface area contributed by atoms with Crippen LogP contribution in [0.5, 0.6) is 0 Å². The van der Waals surface area contributed by atoms with Gasteiger partial charge in [-0.2, -0.15) is 0 Å². The van der Waals surface area contributed by atoms with E-state index in [1.807, 2.05) is 6.92 Å². The van der Waals surface area contributed by atoms with E-state index in [0.717, 1.165) is 25.3 Å². The molecule has 0 aromatic heterocycles. The van der Waals surface area contributed by atoms with Crippen molar-refractivity contribution in [1.82, 2.24) is 4.90 Å². The molecule has 1 atom stereocenters. The minimum atomic E-state index is -0.477. The van der Waals surface area contributed by atoms with Crippen LogP contribution in [0, 0.1) is 5.92 Å². The highest BCUT2D eigenvalue weighted by Crippen LogP contribution is 2.20. The van der Waals surface area contributed by atoms with Gasteiger partial charge in [0.15, 0.2) is 0 Å². The van der Waals surface area contributed by atoms with Crippen LogP contribution in [0.3, 0.4) is 0 Å². The van der Waals surface area contributed by atoms with Gasteiger partial charge in [-0.25, -0.2) is 0 Å². The first-order valence-electron chi connectivity index (χ1n) is 5.98. The molecule has 0 aromatic carbocycles. The summed E-state index contributed by atoms with van der Waals surface area (Å²) in [7, 11) is 0. The summed E-state index contributed by atoms with van der Waals surface area (Å²) in [6, 6.07) is 0. The highest BCUT2D eigenvalue weighted by Gasteiger charge is 2.25. The first-order valence-corrected chi connectivity index (χ1v) is 5.98. The Bertz CT molecular complexity index is 160. The molecule has 2 nitrogen and oxygen atoms in total. The summed E-state index contributed by atoms with van der Waals surface area (Å²) in [5.41, 5.74) is -0.477. The molecule has 0 aliphatic carbocycles. The number of nitrogens with zero attached hydrogens (tertiary/aromatic N) is 1. The summed E-state index contributed by atoms with van der Waals surface area (Å²) in [6.45, 7) is 9.61. The Kier molecular flexibility index (Phi) is 4.39. The third-order valence-electron chi connectivity index (χ3n) is 3.23. The van der Waals surface area contributed by atoms with E-state index in [4.69, 9.17) is 0 Å².